The van der Waals surface area contributed by atoms with E-state index in [0.29, 0.717) is 6.42 Å². The number of halogens is 1. The molecule has 0 atom stereocenters. The Morgan fingerprint density at radius 2 is 1.73 bits per heavy atom. The maximum atomic E-state index is 11.8. The van der Waals surface area contributed by atoms with Crippen LogP contribution in [0.15, 0.2) is 58.1 Å². The zero-order chi connectivity index (χ0) is 19.0. The maximum Gasteiger partial charge on any atom is 0.240 e. The highest BCUT2D eigenvalue weighted by Gasteiger charge is 2.12. The lowest BCUT2D eigenvalue weighted by Gasteiger charge is -2.18. The Balaban J connectivity index is 1.68. The van der Waals surface area contributed by atoms with Crippen molar-refractivity contribution in [3.05, 3.63) is 64.1 Å². The first-order chi connectivity index (χ1) is 12.3. The van der Waals surface area contributed by atoms with Crippen LogP contribution in [0, 0.1) is 0 Å². The number of nitrogens with zero attached hydrogens (tertiary/aromatic N) is 1. The van der Waals surface area contributed by atoms with Crippen LogP contribution in [0.4, 0.5) is 5.69 Å². The summed E-state index contributed by atoms with van der Waals surface area (Å²) in [6.45, 7) is 7.29. The van der Waals surface area contributed by atoms with E-state index in [1.165, 1.54) is 5.56 Å². The van der Waals surface area contributed by atoms with Crippen molar-refractivity contribution in [3.63, 3.8) is 0 Å². The zero-order valence-electron chi connectivity index (χ0n) is 15.6. The molecule has 4 nitrogen and oxygen atoms in total. The predicted octanol–water partition coefficient (Wildman–Crippen LogP) is 5.09. The Morgan fingerprint density at radius 3 is 2.35 bits per heavy atom. The van der Waals surface area contributed by atoms with E-state index in [2.05, 4.69) is 64.7 Å². The summed E-state index contributed by atoms with van der Waals surface area (Å²) in [5, 5.41) is 7.32. The van der Waals surface area contributed by atoms with E-state index < -0.39 is 0 Å². The van der Waals surface area contributed by atoms with Gasteiger partial charge < -0.3 is 5.32 Å². The van der Waals surface area contributed by atoms with Gasteiger partial charge in [0.05, 0.1) is 6.21 Å². The summed E-state index contributed by atoms with van der Waals surface area (Å²) in [4.78, 5) is 11.8. The number of hydrazone groups is 1. The fourth-order valence-electron chi connectivity index (χ4n) is 2.35. The highest BCUT2D eigenvalue weighted by Crippen LogP contribution is 2.21. The van der Waals surface area contributed by atoms with Gasteiger partial charge in [0, 0.05) is 23.1 Å². The first kappa shape index (κ1) is 20.2. The van der Waals surface area contributed by atoms with Crippen LogP contribution in [0.5, 0.6) is 0 Å². The van der Waals surface area contributed by atoms with Gasteiger partial charge in [-0.1, -0.05) is 61.0 Å². The van der Waals surface area contributed by atoms with Crippen LogP contribution >= 0.6 is 15.9 Å². The van der Waals surface area contributed by atoms with Gasteiger partial charge >= 0.3 is 0 Å². The molecule has 2 aromatic carbocycles. The summed E-state index contributed by atoms with van der Waals surface area (Å²) in [5.41, 5.74) is 6.00. The number of rotatable bonds is 7. The van der Waals surface area contributed by atoms with Gasteiger partial charge in [-0.3, -0.25) is 4.79 Å². The number of anilines is 1. The SMILES string of the molecule is CC(C)(C)c1ccc(/C=N/NC(=O)CCCNc2ccc(Br)cc2)cc1. The minimum absolute atomic E-state index is 0.0785. The standard InChI is InChI=1S/C21H26BrN3O/c1-21(2,3)17-8-6-16(7-9-17)15-24-25-20(26)5-4-14-23-19-12-10-18(22)11-13-19/h6-13,15,23H,4-5,14H2,1-3H3,(H,25,26)/b24-15+. The molecule has 0 aliphatic carbocycles. The molecule has 0 heterocycles. The molecule has 0 saturated carbocycles. The minimum Gasteiger partial charge on any atom is -0.385 e. The van der Waals surface area contributed by atoms with E-state index in [1.807, 2.05) is 36.4 Å². The molecule has 0 radical (unpaired) electrons. The van der Waals surface area contributed by atoms with E-state index in [0.717, 1.165) is 28.7 Å². The summed E-state index contributed by atoms with van der Waals surface area (Å²) < 4.78 is 1.05. The normalized spacial score (nSPS) is 11.5. The third-order valence-electron chi connectivity index (χ3n) is 3.93. The number of amides is 1. The number of carbonyl (C=O) groups excluding carboxylic acids is 1. The first-order valence-corrected chi connectivity index (χ1v) is 9.56. The van der Waals surface area contributed by atoms with Gasteiger partial charge in [0.15, 0.2) is 0 Å². The summed E-state index contributed by atoms with van der Waals surface area (Å²) in [6.07, 6.45) is 2.85. The minimum atomic E-state index is -0.0785. The van der Waals surface area contributed by atoms with Crippen LogP contribution in [0.3, 0.4) is 0 Å². The number of benzene rings is 2. The molecule has 0 aliphatic rings. The average molecular weight is 416 g/mol. The lowest BCUT2D eigenvalue weighted by molar-refractivity contribution is -0.121. The molecule has 138 valence electrons. The van der Waals surface area contributed by atoms with Crippen molar-refractivity contribution in [3.8, 4) is 0 Å². The highest BCUT2D eigenvalue weighted by atomic mass is 79.9. The van der Waals surface area contributed by atoms with Crippen molar-refractivity contribution in [2.75, 3.05) is 11.9 Å². The summed E-state index contributed by atoms with van der Waals surface area (Å²) in [6, 6.07) is 16.2. The van der Waals surface area contributed by atoms with Gasteiger partial charge in [0.2, 0.25) is 5.91 Å². The number of hydrogen-bond acceptors (Lipinski definition) is 3. The second kappa shape index (κ2) is 9.53. The van der Waals surface area contributed by atoms with Crippen LogP contribution in [0.2, 0.25) is 0 Å². The molecule has 2 aromatic rings. The van der Waals surface area contributed by atoms with Gasteiger partial charge in [-0.25, -0.2) is 5.43 Å². The smallest absolute Gasteiger partial charge is 0.240 e. The number of carbonyl (C=O) groups is 1. The lowest BCUT2D eigenvalue weighted by Crippen LogP contribution is -2.18. The van der Waals surface area contributed by atoms with E-state index >= 15 is 0 Å². The van der Waals surface area contributed by atoms with Crippen LogP contribution < -0.4 is 10.7 Å². The molecule has 0 saturated heterocycles. The molecule has 5 heteroatoms. The monoisotopic (exact) mass is 415 g/mol. The van der Waals surface area contributed by atoms with E-state index in [9.17, 15) is 4.79 Å². The van der Waals surface area contributed by atoms with E-state index in [1.54, 1.807) is 6.21 Å². The van der Waals surface area contributed by atoms with Crippen molar-refractivity contribution in [1.82, 2.24) is 5.43 Å². The molecule has 2 rings (SSSR count). The number of nitrogens with one attached hydrogen (secondary N) is 2. The molecule has 0 unspecified atom stereocenters. The Kier molecular flexibility index (Phi) is 7.39. The van der Waals surface area contributed by atoms with Crippen LogP contribution in [0.25, 0.3) is 0 Å². The molecular formula is C21H26BrN3O. The Morgan fingerprint density at radius 1 is 1.08 bits per heavy atom. The van der Waals surface area contributed by atoms with Gasteiger partial charge in [0.1, 0.15) is 0 Å². The van der Waals surface area contributed by atoms with Crippen molar-refractivity contribution < 1.29 is 4.79 Å². The van der Waals surface area contributed by atoms with Crippen molar-refractivity contribution in [2.24, 2.45) is 5.10 Å². The second-order valence-electron chi connectivity index (χ2n) is 7.20. The molecule has 0 spiro atoms. The van der Waals surface area contributed by atoms with Crippen molar-refractivity contribution in [1.29, 1.82) is 0 Å². The third kappa shape index (κ3) is 7.00. The average Bonchev–Trinajstić information content (AvgIpc) is 2.60. The van der Waals surface area contributed by atoms with E-state index in [4.69, 9.17) is 0 Å². The highest BCUT2D eigenvalue weighted by molar-refractivity contribution is 9.10. The van der Waals surface area contributed by atoms with Gasteiger partial charge in [-0.15, -0.1) is 0 Å². The second-order valence-corrected chi connectivity index (χ2v) is 8.12. The molecule has 2 N–H and O–H groups in total. The predicted molar refractivity (Wildman–Crippen MR) is 113 cm³/mol. The summed E-state index contributed by atoms with van der Waals surface area (Å²) in [7, 11) is 0. The Labute approximate surface area is 164 Å². The third-order valence-corrected chi connectivity index (χ3v) is 4.46. The molecule has 0 bridgehead atoms. The van der Waals surface area contributed by atoms with E-state index in [-0.39, 0.29) is 11.3 Å². The Hall–Kier alpha value is -2.14. The fraction of sp³-hybridized carbons (Fsp3) is 0.333. The number of hydrogen-bond donors (Lipinski definition) is 2. The van der Waals surface area contributed by atoms with Crippen LogP contribution in [0.1, 0.15) is 44.7 Å². The topological polar surface area (TPSA) is 53.5 Å². The van der Waals surface area contributed by atoms with Gasteiger partial charge in [-0.05, 0) is 47.2 Å². The zero-order valence-corrected chi connectivity index (χ0v) is 17.1. The molecule has 0 aliphatic heterocycles. The van der Waals surface area contributed by atoms with Crippen molar-refractivity contribution >= 4 is 33.7 Å². The van der Waals surface area contributed by atoms with Crippen LogP contribution in [-0.2, 0) is 10.2 Å². The van der Waals surface area contributed by atoms with Gasteiger partial charge in [-0.2, -0.15) is 5.10 Å². The summed E-state index contributed by atoms with van der Waals surface area (Å²) >= 11 is 3.41. The molecule has 1 amide bonds. The molecule has 26 heavy (non-hydrogen) atoms. The molecule has 0 fully saturated rings. The van der Waals surface area contributed by atoms with Gasteiger partial charge in [0.25, 0.3) is 0 Å². The summed E-state index contributed by atoms with van der Waals surface area (Å²) in [5.74, 6) is -0.0785. The lowest BCUT2D eigenvalue weighted by atomic mass is 9.87. The largest absolute Gasteiger partial charge is 0.385 e. The fourth-order valence-corrected chi connectivity index (χ4v) is 2.62. The quantitative estimate of drug-likeness (QED) is 0.375. The first-order valence-electron chi connectivity index (χ1n) is 8.76. The molecule has 0 aromatic heterocycles. The van der Waals surface area contributed by atoms with Crippen molar-refractivity contribution in [2.45, 2.75) is 39.0 Å². The maximum absolute atomic E-state index is 11.8. The van der Waals surface area contributed by atoms with Crippen LogP contribution in [-0.4, -0.2) is 18.7 Å². The Bertz CT molecular complexity index is 731. The molecular weight excluding hydrogens is 390 g/mol.